The summed E-state index contributed by atoms with van der Waals surface area (Å²) in [6.45, 7) is -0.939. The molecule has 4 aromatic rings. The highest BCUT2D eigenvalue weighted by atomic mass is 19.3. The van der Waals surface area contributed by atoms with Crippen LogP contribution in [0.1, 0.15) is 25.2 Å². The van der Waals surface area contributed by atoms with Gasteiger partial charge in [-0.3, -0.25) is 9.36 Å². The highest BCUT2D eigenvalue weighted by molar-refractivity contribution is 5.88. The molecule has 7 heteroatoms. The van der Waals surface area contributed by atoms with Crippen LogP contribution in [0.25, 0.3) is 21.8 Å². The lowest BCUT2D eigenvalue weighted by atomic mass is 10.1. The van der Waals surface area contributed by atoms with Crippen molar-refractivity contribution in [3.8, 4) is 5.75 Å². The van der Waals surface area contributed by atoms with Crippen molar-refractivity contribution < 1.29 is 18.3 Å². The first kappa shape index (κ1) is 19.8. The summed E-state index contributed by atoms with van der Waals surface area (Å²) in [6, 6.07) is 20.2. The minimum absolute atomic E-state index is 0.161. The first-order chi connectivity index (χ1) is 14.5. The van der Waals surface area contributed by atoms with Crippen molar-refractivity contribution in [3.63, 3.8) is 0 Å². The smallest absolute Gasteiger partial charge is 0.320 e. The number of carbonyl (C=O) groups excluding carboxylic acids is 1. The summed E-state index contributed by atoms with van der Waals surface area (Å²) in [5.74, 6) is 0.139. The quantitative estimate of drug-likeness (QED) is 0.473. The number of halogens is 2. The Labute approximate surface area is 172 Å². The molecule has 0 bridgehead atoms. The molecular weight excluding hydrogens is 388 g/mol. The molecule has 30 heavy (non-hydrogen) atoms. The van der Waals surface area contributed by atoms with Crippen molar-refractivity contribution in [2.24, 2.45) is 0 Å². The molecule has 0 fully saturated rings. The zero-order chi connectivity index (χ0) is 21.1. The number of ether oxygens (including phenoxy) is 1. The van der Waals surface area contributed by atoms with Gasteiger partial charge in [-0.25, -0.2) is 4.98 Å². The largest absolute Gasteiger partial charge is 0.483 e. The molecule has 1 N–H and O–H groups in total. The molecule has 154 valence electrons. The van der Waals surface area contributed by atoms with E-state index in [0.29, 0.717) is 16.8 Å². The zero-order valence-corrected chi connectivity index (χ0v) is 16.4. The van der Waals surface area contributed by atoms with Gasteiger partial charge in [0.05, 0.1) is 11.0 Å². The van der Waals surface area contributed by atoms with Crippen molar-refractivity contribution in [1.29, 1.82) is 0 Å². The summed E-state index contributed by atoms with van der Waals surface area (Å²) in [4.78, 5) is 16.6. The number of hydrogen-bond donors (Lipinski definition) is 1. The lowest BCUT2D eigenvalue weighted by molar-refractivity contribution is -0.123. The van der Waals surface area contributed by atoms with E-state index in [-0.39, 0.29) is 24.9 Å². The Bertz CT molecular complexity index is 1180. The molecule has 4 rings (SSSR count). The maximum Gasteiger partial charge on any atom is 0.320 e. The van der Waals surface area contributed by atoms with Crippen molar-refractivity contribution in [2.75, 3.05) is 13.2 Å². The molecule has 3 aromatic carbocycles. The number of benzene rings is 3. The average Bonchev–Trinajstić information content (AvgIpc) is 3.16. The fraction of sp³-hybridized carbons (Fsp3) is 0.217. The number of nitrogens with one attached hydrogen (secondary N) is 1. The van der Waals surface area contributed by atoms with Gasteiger partial charge in [-0.15, -0.1) is 0 Å². The van der Waals surface area contributed by atoms with Crippen LogP contribution >= 0.6 is 0 Å². The molecule has 0 aliphatic heterocycles. The first-order valence-electron chi connectivity index (χ1n) is 9.67. The van der Waals surface area contributed by atoms with Gasteiger partial charge in [0.15, 0.2) is 6.61 Å². The van der Waals surface area contributed by atoms with E-state index in [9.17, 15) is 13.6 Å². The monoisotopic (exact) mass is 409 g/mol. The van der Waals surface area contributed by atoms with Crippen LogP contribution in [0.15, 0.2) is 66.7 Å². The van der Waals surface area contributed by atoms with Gasteiger partial charge in [0, 0.05) is 17.8 Å². The minimum Gasteiger partial charge on any atom is -0.483 e. The maximum atomic E-state index is 13.6. The molecule has 1 heterocycles. The Morgan fingerprint density at radius 3 is 2.63 bits per heavy atom. The van der Waals surface area contributed by atoms with E-state index in [0.717, 1.165) is 15.3 Å². The normalized spacial score (nSPS) is 12.4. The predicted molar refractivity (Wildman–Crippen MR) is 112 cm³/mol. The van der Waals surface area contributed by atoms with Gasteiger partial charge in [-0.1, -0.05) is 55.5 Å². The molecule has 0 saturated carbocycles. The van der Waals surface area contributed by atoms with Gasteiger partial charge in [-0.05, 0) is 23.6 Å². The average molecular weight is 409 g/mol. The topological polar surface area (TPSA) is 56.1 Å². The van der Waals surface area contributed by atoms with Gasteiger partial charge in [-0.2, -0.15) is 8.78 Å². The summed E-state index contributed by atoms with van der Waals surface area (Å²) >= 11 is 0. The maximum absolute atomic E-state index is 13.6. The number of alkyl halides is 2. The number of carbonyl (C=O) groups is 1. The summed E-state index contributed by atoms with van der Waals surface area (Å²) in [5.41, 5.74) is 0.880. The molecule has 1 aromatic heterocycles. The summed E-state index contributed by atoms with van der Waals surface area (Å²) in [6.07, 6.45) is 0. The van der Waals surface area contributed by atoms with Crippen LogP contribution in [0.4, 0.5) is 8.78 Å². The third kappa shape index (κ3) is 3.96. The molecule has 5 nitrogen and oxygen atoms in total. The van der Waals surface area contributed by atoms with Gasteiger partial charge < -0.3 is 10.1 Å². The van der Waals surface area contributed by atoms with Crippen LogP contribution in [0.5, 0.6) is 5.75 Å². The Balaban J connectivity index is 1.40. The minimum atomic E-state index is -2.71. The van der Waals surface area contributed by atoms with Crippen molar-refractivity contribution in [2.45, 2.75) is 19.4 Å². The van der Waals surface area contributed by atoms with E-state index in [4.69, 9.17) is 4.74 Å². The third-order valence-electron chi connectivity index (χ3n) is 4.97. The van der Waals surface area contributed by atoms with Crippen LogP contribution in [-0.2, 0) is 4.79 Å². The van der Waals surface area contributed by atoms with Gasteiger partial charge in [0.25, 0.3) is 5.91 Å². The number of fused-ring (bicyclic) bond motifs is 2. The van der Waals surface area contributed by atoms with Crippen molar-refractivity contribution in [3.05, 3.63) is 72.6 Å². The first-order valence-corrected chi connectivity index (χ1v) is 9.67. The number of imidazole rings is 1. The van der Waals surface area contributed by atoms with Crippen LogP contribution in [0.2, 0.25) is 0 Å². The van der Waals surface area contributed by atoms with Crippen LogP contribution in [0, 0.1) is 0 Å². The van der Waals surface area contributed by atoms with E-state index in [2.05, 4.69) is 10.3 Å². The summed E-state index contributed by atoms with van der Waals surface area (Å²) < 4.78 is 33.8. The van der Waals surface area contributed by atoms with Crippen molar-refractivity contribution >= 4 is 27.7 Å². The standard InChI is InChI=1S/C23H21F2N3O2/c1-15(22-27-18-10-4-5-11-19(18)28(22)23(24)25)13-26-21(29)14-30-20-12-6-8-16-7-2-3-9-17(16)20/h2-12,15,23H,13-14H2,1H3,(H,26,29)/t15-/m1/s1. The Hall–Kier alpha value is -3.48. The molecule has 1 amide bonds. The SMILES string of the molecule is C[C@H](CNC(=O)COc1cccc2ccccc12)c1nc2ccccc2n1C(F)F. The predicted octanol–water partition coefficient (Wildman–Crippen LogP) is 4.88. The lowest BCUT2D eigenvalue weighted by Gasteiger charge is -2.15. The van der Waals surface area contributed by atoms with Gasteiger partial charge in [0.1, 0.15) is 11.6 Å². The molecule has 0 saturated heterocycles. The Morgan fingerprint density at radius 2 is 1.80 bits per heavy atom. The highest BCUT2D eigenvalue weighted by Crippen LogP contribution is 2.27. The lowest BCUT2D eigenvalue weighted by Crippen LogP contribution is -2.32. The zero-order valence-electron chi connectivity index (χ0n) is 16.4. The third-order valence-corrected chi connectivity index (χ3v) is 4.97. The van der Waals surface area contributed by atoms with E-state index in [1.807, 2.05) is 42.5 Å². The molecule has 0 radical (unpaired) electrons. The number of rotatable bonds is 7. The second-order valence-electron chi connectivity index (χ2n) is 7.08. The number of aromatic nitrogens is 2. The number of hydrogen-bond acceptors (Lipinski definition) is 3. The van der Waals surface area contributed by atoms with E-state index in [1.165, 1.54) is 0 Å². The van der Waals surface area contributed by atoms with E-state index >= 15 is 0 Å². The number of para-hydroxylation sites is 2. The molecule has 0 unspecified atom stereocenters. The fourth-order valence-corrected chi connectivity index (χ4v) is 3.49. The van der Waals surface area contributed by atoms with Gasteiger partial charge in [0.2, 0.25) is 0 Å². The molecule has 0 spiro atoms. The molecule has 0 aliphatic carbocycles. The number of amides is 1. The van der Waals surface area contributed by atoms with E-state index in [1.54, 1.807) is 31.2 Å². The summed E-state index contributed by atoms with van der Waals surface area (Å²) in [5, 5.41) is 4.69. The second kappa shape index (κ2) is 8.49. The van der Waals surface area contributed by atoms with Gasteiger partial charge >= 0.3 is 6.55 Å². The van der Waals surface area contributed by atoms with Crippen LogP contribution in [0.3, 0.4) is 0 Å². The highest BCUT2D eigenvalue weighted by Gasteiger charge is 2.22. The molecule has 0 aliphatic rings. The Morgan fingerprint density at radius 1 is 1.07 bits per heavy atom. The fourth-order valence-electron chi connectivity index (χ4n) is 3.49. The van der Waals surface area contributed by atoms with E-state index < -0.39 is 12.5 Å². The van der Waals surface area contributed by atoms with Crippen molar-refractivity contribution in [1.82, 2.24) is 14.9 Å². The number of nitrogens with zero attached hydrogens (tertiary/aromatic N) is 2. The van der Waals surface area contributed by atoms with Crippen LogP contribution < -0.4 is 10.1 Å². The Kier molecular flexibility index (Phi) is 5.61. The summed E-state index contributed by atoms with van der Waals surface area (Å²) in [7, 11) is 0. The second-order valence-corrected chi connectivity index (χ2v) is 7.08. The molecule has 1 atom stereocenters. The molecular formula is C23H21F2N3O2. The van der Waals surface area contributed by atoms with Crippen LogP contribution in [-0.4, -0.2) is 28.6 Å².